The third-order valence-electron chi connectivity index (χ3n) is 4.63. The maximum absolute atomic E-state index is 12.6. The summed E-state index contributed by atoms with van der Waals surface area (Å²) in [7, 11) is 4.52. The number of carbonyl (C=O) groups is 1. The molecule has 1 N–H and O–H groups in total. The molecule has 6 heteroatoms. The zero-order valence-corrected chi connectivity index (χ0v) is 17.6. The van der Waals surface area contributed by atoms with Gasteiger partial charge < -0.3 is 24.1 Å². The minimum Gasteiger partial charge on any atom is -0.507 e. The van der Waals surface area contributed by atoms with Crippen LogP contribution in [0, 0.1) is 0 Å². The Kier molecular flexibility index (Phi) is 7.17. The van der Waals surface area contributed by atoms with Gasteiger partial charge in [-0.1, -0.05) is 30.3 Å². The molecule has 0 bridgehead atoms. The lowest BCUT2D eigenvalue weighted by Crippen LogP contribution is -1.98. The van der Waals surface area contributed by atoms with Crippen molar-refractivity contribution in [1.82, 2.24) is 0 Å². The van der Waals surface area contributed by atoms with E-state index >= 15 is 0 Å². The van der Waals surface area contributed by atoms with Gasteiger partial charge in [-0.2, -0.15) is 0 Å². The van der Waals surface area contributed by atoms with Crippen LogP contribution in [0.1, 0.15) is 21.5 Å². The number of methoxy groups -OCH3 is 3. The van der Waals surface area contributed by atoms with Crippen molar-refractivity contribution in [3.8, 4) is 28.7 Å². The lowest BCUT2D eigenvalue weighted by Gasteiger charge is -2.12. The second-order valence-electron chi connectivity index (χ2n) is 6.60. The first kappa shape index (κ1) is 21.8. The Balaban J connectivity index is 1.79. The fraction of sp³-hybridized carbons (Fsp3) is 0.160. The summed E-state index contributed by atoms with van der Waals surface area (Å²) in [5.74, 6) is 1.53. The van der Waals surface area contributed by atoms with Crippen molar-refractivity contribution in [3.63, 3.8) is 0 Å². The second kappa shape index (κ2) is 10.2. The molecule has 0 radical (unpaired) electrons. The van der Waals surface area contributed by atoms with Crippen LogP contribution in [0.3, 0.4) is 0 Å². The molecule has 3 aromatic carbocycles. The number of carbonyl (C=O) groups excluding carboxylic acids is 1. The maximum Gasteiger partial charge on any atom is 0.185 e. The number of allylic oxidation sites excluding steroid dienone is 1. The number of phenols is 1. The molecule has 6 nitrogen and oxygen atoms in total. The SMILES string of the molecule is COc1ccc(C(=O)C=Cc2c(O)cc(OCc3ccccc3)cc2OC)cc1OC. The predicted octanol–water partition coefficient (Wildman–Crippen LogP) is 4.89. The van der Waals surface area contributed by atoms with Crippen LogP contribution in [-0.2, 0) is 6.61 Å². The minimum absolute atomic E-state index is 0.0567. The van der Waals surface area contributed by atoms with Crippen LogP contribution in [0.4, 0.5) is 0 Å². The van der Waals surface area contributed by atoms with Crippen LogP contribution in [0.25, 0.3) is 6.08 Å². The Morgan fingerprint density at radius 1 is 0.871 bits per heavy atom. The molecular formula is C25H24O6. The van der Waals surface area contributed by atoms with Crippen LogP contribution in [0.2, 0.25) is 0 Å². The molecular weight excluding hydrogens is 396 g/mol. The summed E-state index contributed by atoms with van der Waals surface area (Å²) in [6, 6.07) is 17.8. The fourth-order valence-corrected chi connectivity index (χ4v) is 2.99. The topological polar surface area (TPSA) is 74.2 Å². The Bertz CT molecular complexity index is 1070. The van der Waals surface area contributed by atoms with Crippen molar-refractivity contribution in [2.75, 3.05) is 21.3 Å². The number of hydrogen-bond donors (Lipinski definition) is 1. The highest BCUT2D eigenvalue weighted by molar-refractivity contribution is 6.07. The highest BCUT2D eigenvalue weighted by Crippen LogP contribution is 2.35. The third-order valence-corrected chi connectivity index (χ3v) is 4.63. The Morgan fingerprint density at radius 3 is 2.26 bits per heavy atom. The molecule has 0 spiro atoms. The first-order valence-electron chi connectivity index (χ1n) is 9.58. The van der Waals surface area contributed by atoms with E-state index in [2.05, 4.69) is 0 Å². The first-order valence-corrected chi connectivity index (χ1v) is 9.58. The average Bonchev–Trinajstić information content (AvgIpc) is 2.81. The van der Waals surface area contributed by atoms with Gasteiger partial charge in [0.15, 0.2) is 17.3 Å². The Hall–Kier alpha value is -3.93. The van der Waals surface area contributed by atoms with E-state index in [0.29, 0.717) is 40.7 Å². The van der Waals surface area contributed by atoms with Gasteiger partial charge in [-0.3, -0.25) is 4.79 Å². The van der Waals surface area contributed by atoms with Gasteiger partial charge in [0.25, 0.3) is 0 Å². The van der Waals surface area contributed by atoms with Crippen molar-refractivity contribution >= 4 is 11.9 Å². The van der Waals surface area contributed by atoms with Crippen LogP contribution in [0.5, 0.6) is 28.7 Å². The second-order valence-corrected chi connectivity index (χ2v) is 6.60. The van der Waals surface area contributed by atoms with Crippen molar-refractivity contribution in [2.24, 2.45) is 0 Å². The van der Waals surface area contributed by atoms with Gasteiger partial charge in [0.1, 0.15) is 23.9 Å². The molecule has 0 fully saturated rings. The van der Waals surface area contributed by atoms with Gasteiger partial charge in [-0.15, -0.1) is 0 Å². The molecule has 0 saturated heterocycles. The van der Waals surface area contributed by atoms with Crippen LogP contribution in [0.15, 0.2) is 66.7 Å². The summed E-state index contributed by atoms with van der Waals surface area (Å²) < 4.78 is 21.6. The molecule has 0 amide bonds. The number of ketones is 1. The predicted molar refractivity (Wildman–Crippen MR) is 118 cm³/mol. The van der Waals surface area contributed by atoms with Gasteiger partial charge in [0.2, 0.25) is 0 Å². The van der Waals surface area contributed by atoms with E-state index < -0.39 is 0 Å². The van der Waals surface area contributed by atoms with Crippen LogP contribution in [-0.4, -0.2) is 32.2 Å². The number of ether oxygens (including phenoxy) is 4. The summed E-state index contributed by atoms with van der Waals surface area (Å²) in [6.45, 7) is 0.358. The Labute approximate surface area is 181 Å². The third kappa shape index (κ3) is 5.36. The van der Waals surface area contributed by atoms with Gasteiger partial charge in [-0.25, -0.2) is 0 Å². The molecule has 160 valence electrons. The summed E-state index contributed by atoms with van der Waals surface area (Å²) in [6.07, 6.45) is 2.87. The van der Waals surface area contributed by atoms with Crippen molar-refractivity contribution < 1.29 is 28.8 Å². The van der Waals surface area contributed by atoms with E-state index in [-0.39, 0.29) is 11.5 Å². The van der Waals surface area contributed by atoms with E-state index in [1.54, 1.807) is 24.3 Å². The molecule has 0 heterocycles. The quantitative estimate of drug-likeness (QED) is 0.392. The van der Waals surface area contributed by atoms with Crippen LogP contribution < -0.4 is 18.9 Å². The molecule has 3 rings (SSSR count). The zero-order chi connectivity index (χ0) is 22.2. The van der Waals surface area contributed by atoms with Crippen LogP contribution >= 0.6 is 0 Å². The molecule has 0 unspecified atom stereocenters. The number of benzene rings is 3. The summed E-state index contributed by atoms with van der Waals surface area (Å²) >= 11 is 0. The molecule has 31 heavy (non-hydrogen) atoms. The number of phenolic OH excluding ortho intramolecular Hbond substituents is 1. The zero-order valence-electron chi connectivity index (χ0n) is 17.6. The molecule has 3 aromatic rings. The molecule has 0 aromatic heterocycles. The van der Waals surface area contributed by atoms with Crippen molar-refractivity contribution in [3.05, 3.63) is 83.4 Å². The van der Waals surface area contributed by atoms with Crippen molar-refractivity contribution in [1.29, 1.82) is 0 Å². The Morgan fingerprint density at radius 2 is 1.58 bits per heavy atom. The summed E-state index contributed by atoms with van der Waals surface area (Å²) in [5, 5.41) is 10.5. The molecule has 0 aliphatic heterocycles. The fourth-order valence-electron chi connectivity index (χ4n) is 2.99. The molecule has 0 aliphatic carbocycles. The van der Waals surface area contributed by atoms with E-state index in [1.807, 2.05) is 30.3 Å². The number of aromatic hydroxyl groups is 1. The van der Waals surface area contributed by atoms with E-state index in [4.69, 9.17) is 18.9 Å². The first-order chi connectivity index (χ1) is 15.0. The number of rotatable bonds is 9. The van der Waals surface area contributed by atoms with Gasteiger partial charge in [-0.05, 0) is 35.9 Å². The molecule has 0 saturated carbocycles. The maximum atomic E-state index is 12.6. The van der Waals surface area contributed by atoms with Gasteiger partial charge in [0.05, 0.1) is 26.9 Å². The lowest BCUT2D eigenvalue weighted by atomic mass is 10.1. The average molecular weight is 420 g/mol. The lowest BCUT2D eigenvalue weighted by molar-refractivity contribution is 0.104. The standard InChI is InChI=1S/C25H24O6/c1-28-23-12-9-18(13-25(23)30-3)21(26)11-10-20-22(27)14-19(15-24(20)29-2)31-16-17-7-5-4-6-8-17/h4-15,27H,16H2,1-3H3. The largest absolute Gasteiger partial charge is 0.507 e. The van der Waals surface area contributed by atoms with Gasteiger partial charge in [0, 0.05) is 17.7 Å². The molecule has 0 atom stereocenters. The van der Waals surface area contributed by atoms with E-state index in [0.717, 1.165) is 5.56 Å². The smallest absolute Gasteiger partial charge is 0.185 e. The van der Waals surface area contributed by atoms with E-state index in [9.17, 15) is 9.90 Å². The summed E-state index contributed by atoms with van der Waals surface area (Å²) in [5.41, 5.74) is 1.81. The van der Waals surface area contributed by atoms with E-state index in [1.165, 1.54) is 39.5 Å². The monoisotopic (exact) mass is 420 g/mol. The highest BCUT2D eigenvalue weighted by Gasteiger charge is 2.12. The van der Waals surface area contributed by atoms with Gasteiger partial charge >= 0.3 is 0 Å². The molecule has 0 aliphatic rings. The normalized spacial score (nSPS) is 10.7. The summed E-state index contributed by atoms with van der Waals surface area (Å²) in [4.78, 5) is 12.6. The highest BCUT2D eigenvalue weighted by atomic mass is 16.5. The van der Waals surface area contributed by atoms with Crippen molar-refractivity contribution in [2.45, 2.75) is 6.61 Å². The number of hydrogen-bond acceptors (Lipinski definition) is 6. The minimum atomic E-state index is -0.258.